The lowest BCUT2D eigenvalue weighted by Gasteiger charge is -2.23. The van der Waals surface area contributed by atoms with Gasteiger partial charge in [-0.1, -0.05) is 19.6 Å². The fraction of sp³-hybridized carbons (Fsp3) is 1.00. The summed E-state index contributed by atoms with van der Waals surface area (Å²) in [4.78, 5) is 0. The van der Waals surface area contributed by atoms with Gasteiger partial charge in [0.2, 0.25) is 0 Å². The van der Waals surface area contributed by atoms with Crippen LogP contribution in [0.2, 0.25) is 19.6 Å². The third kappa shape index (κ3) is 0.664. The van der Waals surface area contributed by atoms with Crippen molar-refractivity contribution in [3.05, 3.63) is 0 Å². The van der Waals surface area contributed by atoms with E-state index in [1.54, 1.807) is 0 Å². The first-order valence-electron chi connectivity index (χ1n) is 4.24. The van der Waals surface area contributed by atoms with Crippen molar-refractivity contribution in [3.8, 4) is 0 Å². The lowest BCUT2D eigenvalue weighted by Crippen LogP contribution is -2.41. The SMILES string of the molecule is C[Si](C)(C)[C@]12CCC[C@H]1O2. The summed E-state index contributed by atoms with van der Waals surface area (Å²) in [5.41, 5.74) is 0. The van der Waals surface area contributed by atoms with Gasteiger partial charge in [-0.2, -0.15) is 0 Å². The molecule has 2 aliphatic rings. The van der Waals surface area contributed by atoms with Crippen LogP contribution in [-0.4, -0.2) is 19.4 Å². The number of ether oxygens (including phenoxy) is 1. The Morgan fingerprint density at radius 2 is 2.10 bits per heavy atom. The number of fused-ring (bicyclic) bond motifs is 1. The highest BCUT2D eigenvalue weighted by Crippen LogP contribution is 2.54. The summed E-state index contributed by atoms with van der Waals surface area (Å²) in [5, 5.41) is 0.438. The van der Waals surface area contributed by atoms with Crippen LogP contribution in [0.25, 0.3) is 0 Å². The molecular formula is C8H16OSi. The van der Waals surface area contributed by atoms with Crippen molar-refractivity contribution in [2.45, 2.75) is 50.2 Å². The Morgan fingerprint density at radius 3 is 2.30 bits per heavy atom. The molecule has 1 aliphatic carbocycles. The van der Waals surface area contributed by atoms with Crippen molar-refractivity contribution in [3.63, 3.8) is 0 Å². The molecule has 1 saturated heterocycles. The van der Waals surface area contributed by atoms with Gasteiger partial charge in [-0.15, -0.1) is 0 Å². The molecule has 2 heteroatoms. The second-order valence-corrected chi connectivity index (χ2v) is 9.98. The van der Waals surface area contributed by atoms with Gasteiger partial charge in [0.25, 0.3) is 0 Å². The maximum Gasteiger partial charge on any atom is 0.0858 e. The first kappa shape index (κ1) is 6.86. The molecule has 0 radical (unpaired) electrons. The van der Waals surface area contributed by atoms with E-state index < -0.39 is 8.07 Å². The topological polar surface area (TPSA) is 12.5 Å². The Balaban J connectivity index is 2.18. The van der Waals surface area contributed by atoms with E-state index in [1.165, 1.54) is 19.3 Å². The van der Waals surface area contributed by atoms with Gasteiger partial charge in [-0.05, 0) is 19.3 Å². The van der Waals surface area contributed by atoms with E-state index >= 15 is 0 Å². The molecule has 1 saturated carbocycles. The highest BCUT2D eigenvalue weighted by molar-refractivity contribution is 6.79. The molecule has 0 aromatic heterocycles. The van der Waals surface area contributed by atoms with Gasteiger partial charge in [0.15, 0.2) is 0 Å². The van der Waals surface area contributed by atoms with Crippen molar-refractivity contribution < 1.29 is 4.74 Å². The Morgan fingerprint density at radius 1 is 1.40 bits per heavy atom. The van der Waals surface area contributed by atoms with Crippen LogP contribution >= 0.6 is 0 Å². The molecule has 0 N–H and O–H groups in total. The van der Waals surface area contributed by atoms with Crippen LogP contribution in [0.5, 0.6) is 0 Å². The fourth-order valence-electron chi connectivity index (χ4n) is 2.32. The van der Waals surface area contributed by atoms with Crippen molar-refractivity contribution >= 4 is 8.07 Å². The van der Waals surface area contributed by atoms with Gasteiger partial charge in [-0.3, -0.25) is 0 Å². The lowest BCUT2D eigenvalue weighted by molar-refractivity contribution is 0.296. The molecule has 58 valence electrons. The Kier molecular flexibility index (Phi) is 1.14. The average molecular weight is 156 g/mol. The third-order valence-electron chi connectivity index (χ3n) is 3.10. The predicted molar refractivity (Wildman–Crippen MR) is 44.8 cm³/mol. The quantitative estimate of drug-likeness (QED) is 0.419. The first-order chi connectivity index (χ1) is 4.56. The lowest BCUT2D eigenvalue weighted by atomic mass is 10.4. The van der Waals surface area contributed by atoms with Crippen LogP contribution in [-0.2, 0) is 4.74 Å². The molecule has 0 bridgehead atoms. The summed E-state index contributed by atoms with van der Waals surface area (Å²) in [6.07, 6.45) is 4.78. The van der Waals surface area contributed by atoms with Gasteiger partial charge in [0.1, 0.15) is 0 Å². The summed E-state index contributed by atoms with van der Waals surface area (Å²) in [5.74, 6) is 0. The largest absolute Gasteiger partial charge is 0.370 e. The number of rotatable bonds is 1. The number of epoxide rings is 1. The molecule has 0 aromatic carbocycles. The van der Waals surface area contributed by atoms with Crippen LogP contribution in [0.4, 0.5) is 0 Å². The Labute approximate surface area is 63.8 Å². The Hall–Kier alpha value is 0.177. The second kappa shape index (κ2) is 1.67. The molecule has 2 atom stereocenters. The van der Waals surface area contributed by atoms with Crippen molar-refractivity contribution in [2.24, 2.45) is 0 Å². The average Bonchev–Trinajstić information content (AvgIpc) is 2.36. The number of hydrogen-bond acceptors (Lipinski definition) is 1. The molecular weight excluding hydrogens is 140 g/mol. The zero-order valence-corrected chi connectivity index (χ0v) is 8.11. The van der Waals surface area contributed by atoms with Crippen LogP contribution in [0.3, 0.4) is 0 Å². The molecule has 0 unspecified atom stereocenters. The van der Waals surface area contributed by atoms with Crippen molar-refractivity contribution in [2.75, 3.05) is 0 Å². The van der Waals surface area contributed by atoms with E-state index in [0.29, 0.717) is 11.3 Å². The van der Waals surface area contributed by atoms with Gasteiger partial charge in [0.05, 0.1) is 19.4 Å². The van der Waals surface area contributed by atoms with E-state index in [-0.39, 0.29) is 0 Å². The van der Waals surface area contributed by atoms with E-state index in [0.717, 1.165) is 0 Å². The maximum absolute atomic E-state index is 5.77. The molecule has 0 amide bonds. The maximum atomic E-state index is 5.77. The molecule has 1 aliphatic heterocycles. The molecule has 0 aromatic rings. The van der Waals surface area contributed by atoms with Gasteiger partial charge in [-0.25, -0.2) is 0 Å². The van der Waals surface area contributed by atoms with Crippen LogP contribution in [0, 0.1) is 0 Å². The van der Waals surface area contributed by atoms with Gasteiger partial charge in [0, 0.05) is 0 Å². The first-order valence-corrected chi connectivity index (χ1v) is 7.74. The summed E-state index contributed by atoms with van der Waals surface area (Å²) >= 11 is 0. The third-order valence-corrected chi connectivity index (χ3v) is 6.33. The molecule has 10 heavy (non-hydrogen) atoms. The predicted octanol–water partition coefficient (Wildman–Crippen LogP) is 2.19. The summed E-state index contributed by atoms with van der Waals surface area (Å²) in [6, 6.07) is 0. The molecule has 2 fully saturated rings. The second-order valence-electron chi connectivity index (χ2n) is 4.64. The van der Waals surface area contributed by atoms with E-state index in [2.05, 4.69) is 19.6 Å². The smallest absolute Gasteiger partial charge is 0.0858 e. The number of hydrogen-bond donors (Lipinski definition) is 0. The van der Waals surface area contributed by atoms with Gasteiger partial charge >= 0.3 is 0 Å². The normalized spacial score (nSPS) is 45.3. The highest BCUT2D eigenvalue weighted by Gasteiger charge is 2.65. The van der Waals surface area contributed by atoms with E-state index in [1.807, 2.05) is 0 Å². The minimum absolute atomic E-state index is 0.438. The van der Waals surface area contributed by atoms with E-state index in [4.69, 9.17) is 4.74 Å². The summed E-state index contributed by atoms with van der Waals surface area (Å²) < 4.78 is 5.77. The molecule has 2 rings (SSSR count). The van der Waals surface area contributed by atoms with Crippen LogP contribution in [0.1, 0.15) is 19.3 Å². The van der Waals surface area contributed by atoms with Gasteiger partial charge < -0.3 is 4.74 Å². The van der Waals surface area contributed by atoms with Crippen LogP contribution < -0.4 is 0 Å². The summed E-state index contributed by atoms with van der Waals surface area (Å²) in [6.45, 7) is 7.29. The highest BCUT2D eigenvalue weighted by atomic mass is 28.3. The zero-order chi connectivity index (χ0) is 7.41. The van der Waals surface area contributed by atoms with Crippen molar-refractivity contribution in [1.82, 2.24) is 0 Å². The fourth-order valence-corrected chi connectivity index (χ4v) is 4.85. The van der Waals surface area contributed by atoms with Crippen molar-refractivity contribution in [1.29, 1.82) is 0 Å². The molecule has 0 spiro atoms. The minimum Gasteiger partial charge on any atom is -0.370 e. The minimum atomic E-state index is -0.997. The molecule has 1 heterocycles. The summed E-state index contributed by atoms with van der Waals surface area (Å²) in [7, 11) is -0.997. The Bertz CT molecular complexity index is 161. The standard InChI is InChI=1S/C8H16OSi/c1-10(2,3)8-6-4-5-7(8)9-8/h7H,4-6H2,1-3H3/t7-,8-/m1/s1. The van der Waals surface area contributed by atoms with Crippen LogP contribution in [0.15, 0.2) is 0 Å². The monoisotopic (exact) mass is 156 g/mol. The van der Waals surface area contributed by atoms with E-state index in [9.17, 15) is 0 Å². The zero-order valence-electron chi connectivity index (χ0n) is 7.11. The molecule has 1 nitrogen and oxygen atoms in total.